The molecule has 4 rings (SSSR count). The number of amides is 1. The minimum Gasteiger partial charge on any atom is -0.484 e. The van der Waals surface area contributed by atoms with E-state index in [9.17, 15) is 4.79 Å². The Bertz CT molecular complexity index is 967. The highest BCUT2D eigenvalue weighted by Gasteiger charge is 2.21. The molecule has 0 aliphatic carbocycles. The third-order valence-electron chi connectivity index (χ3n) is 5.16. The monoisotopic (exact) mass is 438 g/mol. The minimum atomic E-state index is 0.0497. The third-order valence-corrected chi connectivity index (χ3v) is 5.93. The fourth-order valence-corrected chi connectivity index (χ4v) is 3.93. The van der Waals surface area contributed by atoms with Crippen molar-refractivity contribution in [3.8, 4) is 5.75 Å². The van der Waals surface area contributed by atoms with Crippen LogP contribution in [0.25, 0.3) is 10.8 Å². The summed E-state index contributed by atoms with van der Waals surface area (Å²) < 4.78 is 6.89. The van der Waals surface area contributed by atoms with Crippen molar-refractivity contribution in [3.63, 3.8) is 0 Å². The lowest BCUT2D eigenvalue weighted by atomic mass is 10.1. The van der Waals surface area contributed by atoms with E-state index in [1.165, 1.54) is 10.9 Å². The summed E-state index contributed by atoms with van der Waals surface area (Å²) in [6.45, 7) is 4.22. The maximum atomic E-state index is 12.5. The number of carbonyl (C=O) groups excluding carboxylic acids is 1. The average molecular weight is 439 g/mol. The largest absolute Gasteiger partial charge is 0.484 e. The molecule has 1 saturated heterocycles. The van der Waals surface area contributed by atoms with Gasteiger partial charge >= 0.3 is 0 Å². The first-order valence-electron chi connectivity index (χ1n) is 9.54. The van der Waals surface area contributed by atoms with Crippen molar-refractivity contribution in [1.29, 1.82) is 0 Å². The van der Waals surface area contributed by atoms with Gasteiger partial charge < -0.3 is 9.64 Å². The van der Waals surface area contributed by atoms with Gasteiger partial charge in [-0.2, -0.15) is 0 Å². The fraction of sp³-hybridized carbons (Fsp3) is 0.261. The van der Waals surface area contributed by atoms with E-state index in [0.29, 0.717) is 0 Å². The number of benzene rings is 3. The van der Waals surface area contributed by atoms with Crippen molar-refractivity contribution in [2.24, 2.45) is 0 Å². The van der Waals surface area contributed by atoms with Crippen molar-refractivity contribution in [2.75, 3.05) is 32.8 Å². The summed E-state index contributed by atoms with van der Waals surface area (Å²) in [5.74, 6) is 0.785. The number of hydrogen-bond donors (Lipinski definition) is 0. The predicted octanol–water partition coefficient (Wildman–Crippen LogP) is 4.33. The Morgan fingerprint density at radius 1 is 0.893 bits per heavy atom. The molecule has 0 bridgehead atoms. The molecule has 0 atom stereocenters. The first-order valence-corrected chi connectivity index (χ1v) is 10.3. The average Bonchev–Trinajstić information content (AvgIpc) is 2.74. The Morgan fingerprint density at radius 2 is 1.61 bits per heavy atom. The number of piperazine rings is 1. The van der Waals surface area contributed by atoms with E-state index in [0.717, 1.165) is 48.3 Å². The predicted molar refractivity (Wildman–Crippen MR) is 115 cm³/mol. The molecule has 144 valence electrons. The maximum absolute atomic E-state index is 12.5. The molecule has 5 heteroatoms. The smallest absolute Gasteiger partial charge is 0.260 e. The highest BCUT2D eigenvalue weighted by molar-refractivity contribution is 9.10. The van der Waals surface area contributed by atoms with E-state index in [1.807, 2.05) is 47.4 Å². The molecule has 1 aliphatic rings. The molecular weight excluding hydrogens is 416 g/mol. The molecule has 28 heavy (non-hydrogen) atoms. The van der Waals surface area contributed by atoms with Crippen LogP contribution in [0, 0.1) is 0 Å². The van der Waals surface area contributed by atoms with Gasteiger partial charge in [0.15, 0.2) is 6.61 Å². The van der Waals surface area contributed by atoms with Crippen molar-refractivity contribution in [1.82, 2.24) is 9.80 Å². The highest BCUT2D eigenvalue weighted by atomic mass is 79.9. The van der Waals surface area contributed by atoms with Gasteiger partial charge in [-0.05, 0) is 34.5 Å². The summed E-state index contributed by atoms with van der Waals surface area (Å²) in [5, 5.41) is 2.29. The van der Waals surface area contributed by atoms with E-state index in [4.69, 9.17) is 4.74 Å². The van der Waals surface area contributed by atoms with Crippen LogP contribution in [0.3, 0.4) is 0 Å². The Hall–Kier alpha value is -2.37. The molecule has 0 aromatic heterocycles. The van der Waals surface area contributed by atoms with Crippen LogP contribution < -0.4 is 4.74 Å². The van der Waals surface area contributed by atoms with Crippen LogP contribution in [0.15, 0.2) is 71.2 Å². The quantitative estimate of drug-likeness (QED) is 0.594. The normalized spacial score (nSPS) is 15.0. The SMILES string of the molecule is O=C(COc1ccc2ccccc2c1)N1CCN(Cc2ccccc2Br)CC1. The van der Waals surface area contributed by atoms with Gasteiger partial charge in [0, 0.05) is 37.2 Å². The van der Waals surface area contributed by atoms with Crippen LogP contribution >= 0.6 is 15.9 Å². The number of rotatable bonds is 5. The molecule has 0 unspecified atom stereocenters. The van der Waals surface area contributed by atoms with E-state index >= 15 is 0 Å². The molecule has 1 fully saturated rings. The Balaban J connectivity index is 1.27. The molecule has 0 spiro atoms. The Morgan fingerprint density at radius 3 is 2.39 bits per heavy atom. The van der Waals surface area contributed by atoms with Crippen LogP contribution in [0.4, 0.5) is 0 Å². The zero-order valence-electron chi connectivity index (χ0n) is 15.7. The summed E-state index contributed by atoms with van der Waals surface area (Å²) >= 11 is 3.61. The van der Waals surface area contributed by atoms with Gasteiger partial charge in [-0.1, -0.05) is 64.5 Å². The summed E-state index contributed by atoms with van der Waals surface area (Å²) in [6, 6.07) is 22.4. The number of fused-ring (bicyclic) bond motifs is 1. The minimum absolute atomic E-state index is 0.0497. The van der Waals surface area contributed by atoms with Crippen LogP contribution in [0.1, 0.15) is 5.56 Å². The number of ether oxygens (including phenoxy) is 1. The second-order valence-electron chi connectivity index (χ2n) is 7.05. The van der Waals surface area contributed by atoms with Crippen LogP contribution in [0.2, 0.25) is 0 Å². The lowest BCUT2D eigenvalue weighted by molar-refractivity contribution is -0.135. The van der Waals surface area contributed by atoms with Crippen molar-refractivity contribution < 1.29 is 9.53 Å². The van der Waals surface area contributed by atoms with E-state index < -0.39 is 0 Å². The zero-order chi connectivity index (χ0) is 19.3. The number of hydrogen-bond acceptors (Lipinski definition) is 3. The third kappa shape index (κ3) is 4.54. The fourth-order valence-electron chi connectivity index (χ4n) is 3.52. The van der Waals surface area contributed by atoms with Gasteiger partial charge in [-0.25, -0.2) is 0 Å². The molecule has 4 nitrogen and oxygen atoms in total. The highest BCUT2D eigenvalue weighted by Crippen LogP contribution is 2.21. The van der Waals surface area contributed by atoms with Gasteiger partial charge in [0.25, 0.3) is 5.91 Å². The summed E-state index contributed by atoms with van der Waals surface area (Å²) in [6.07, 6.45) is 0. The lowest BCUT2D eigenvalue weighted by Gasteiger charge is -2.34. The lowest BCUT2D eigenvalue weighted by Crippen LogP contribution is -2.49. The topological polar surface area (TPSA) is 32.8 Å². The molecule has 1 amide bonds. The van der Waals surface area contributed by atoms with Crippen molar-refractivity contribution >= 4 is 32.6 Å². The molecule has 3 aromatic rings. The standard InChI is InChI=1S/C23H23BrN2O2/c24-22-8-4-3-7-20(22)16-25-11-13-26(14-12-25)23(27)17-28-21-10-9-18-5-1-2-6-19(18)15-21/h1-10,15H,11-14,16-17H2. The summed E-state index contributed by atoms with van der Waals surface area (Å²) in [7, 11) is 0. The molecule has 0 saturated carbocycles. The Labute approximate surface area is 173 Å². The van der Waals surface area contributed by atoms with Gasteiger partial charge in [0.2, 0.25) is 0 Å². The number of nitrogens with zero attached hydrogens (tertiary/aromatic N) is 2. The second kappa shape index (κ2) is 8.76. The summed E-state index contributed by atoms with van der Waals surface area (Å²) in [5.41, 5.74) is 1.28. The molecule has 0 N–H and O–H groups in total. The second-order valence-corrected chi connectivity index (χ2v) is 7.90. The first kappa shape index (κ1) is 19.0. The maximum Gasteiger partial charge on any atom is 0.260 e. The van der Waals surface area contributed by atoms with Crippen LogP contribution in [0.5, 0.6) is 5.75 Å². The molecule has 3 aromatic carbocycles. The summed E-state index contributed by atoms with van der Waals surface area (Å²) in [4.78, 5) is 16.8. The van der Waals surface area contributed by atoms with Gasteiger partial charge in [0.1, 0.15) is 5.75 Å². The molecule has 1 aliphatic heterocycles. The van der Waals surface area contributed by atoms with Gasteiger partial charge in [-0.3, -0.25) is 9.69 Å². The van der Waals surface area contributed by atoms with Crippen LogP contribution in [-0.2, 0) is 11.3 Å². The first-order chi connectivity index (χ1) is 13.7. The van der Waals surface area contributed by atoms with E-state index in [2.05, 4.69) is 45.1 Å². The molecule has 0 radical (unpaired) electrons. The number of carbonyl (C=O) groups is 1. The van der Waals surface area contributed by atoms with Crippen molar-refractivity contribution in [3.05, 3.63) is 76.8 Å². The van der Waals surface area contributed by atoms with E-state index in [-0.39, 0.29) is 12.5 Å². The van der Waals surface area contributed by atoms with E-state index in [1.54, 1.807) is 0 Å². The number of halogens is 1. The zero-order valence-corrected chi connectivity index (χ0v) is 17.3. The molecule has 1 heterocycles. The van der Waals surface area contributed by atoms with Gasteiger partial charge in [-0.15, -0.1) is 0 Å². The Kier molecular flexibility index (Phi) is 5.93. The van der Waals surface area contributed by atoms with Crippen molar-refractivity contribution in [2.45, 2.75) is 6.54 Å². The molecular formula is C23H23BrN2O2. The van der Waals surface area contributed by atoms with Crippen LogP contribution in [-0.4, -0.2) is 48.5 Å². The van der Waals surface area contributed by atoms with Gasteiger partial charge in [0.05, 0.1) is 0 Å².